The molecule has 2 aromatic rings. The molecule has 3 nitrogen and oxygen atoms in total. The summed E-state index contributed by atoms with van der Waals surface area (Å²) in [5.41, 5.74) is 2.45. The summed E-state index contributed by atoms with van der Waals surface area (Å²) in [6, 6.07) is 10.4. The molecular weight excluding hydrogens is 236 g/mol. The fourth-order valence-electron chi connectivity index (χ4n) is 2.76. The molecule has 100 valence electrons. The van der Waals surface area contributed by atoms with Gasteiger partial charge in [0.2, 0.25) is 0 Å². The van der Waals surface area contributed by atoms with Crippen molar-refractivity contribution in [2.24, 2.45) is 0 Å². The summed E-state index contributed by atoms with van der Waals surface area (Å²) in [4.78, 5) is 4.39. The number of nitrogens with one attached hydrogen (secondary N) is 1. The number of para-hydroxylation sites is 1. The first-order valence-corrected chi connectivity index (χ1v) is 6.91. The molecule has 0 bridgehead atoms. The molecule has 1 fully saturated rings. The van der Waals surface area contributed by atoms with Gasteiger partial charge in [0.25, 0.3) is 0 Å². The molecule has 0 radical (unpaired) electrons. The lowest BCUT2D eigenvalue weighted by molar-refractivity contribution is -0.0695. The monoisotopic (exact) mass is 256 g/mol. The highest BCUT2D eigenvalue weighted by atomic mass is 16.5. The summed E-state index contributed by atoms with van der Waals surface area (Å²) >= 11 is 0. The lowest BCUT2D eigenvalue weighted by atomic mass is 9.80. The van der Waals surface area contributed by atoms with Crippen LogP contribution in [0.25, 0.3) is 10.9 Å². The zero-order valence-electron chi connectivity index (χ0n) is 11.4. The smallest absolute Gasteiger partial charge is 0.0802 e. The highest BCUT2D eigenvalue weighted by Crippen LogP contribution is 2.34. The van der Waals surface area contributed by atoms with Crippen LogP contribution in [0.2, 0.25) is 0 Å². The second kappa shape index (κ2) is 5.27. The fourth-order valence-corrected chi connectivity index (χ4v) is 2.76. The number of rotatable bonds is 5. The number of aromatic nitrogens is 1. The quantitative estimate of drug-likeness (QED) is 0.893. The molecule has 0 unspecified atom stereocenters. The van der Waals surface area contributed by atoms with Gasteiger partial charge in [-0.05, 0) is 37.0 Å². The summed E-state index contributed by atoms with van der Waals surface area (Å²) in [5.74, 6) is 0. The van der Waals surface area contributed by atoms with E-state index < -0.39 is 0 Å². The molecule has 3 heteroatoms. The number of ether oxygens (including phenoxy) is 1. The van der Waals surface area contributed by atoms with Crippen LogP contribution in [0.15, 0.2) is 36.5 Å². The Bertz CT molecular complexity index is 553. The van der Waals surface area contributed by atoms with Crippen LogP contribution in [0.1, 0.15) is 24.8 Å². The predicted octanol–water partition coefficient (Wildman–Crippen LogP) is 2.89. The van der Waals surface area contributed by atoms with E-state index in [0.717, 1.165) is 18.6 Å². The van der Waals surface area contributed by atoms with Crippen LogP contribution in [0, 0.1) is 0 Å². The minimum atomic E-state index is 0.0861. The number of fused-ring (bicyclic) bond motifs is 1. The van der Waals surface area contributed by atoms with Crippen molar-refractivity contribution in [2.75, 3.05) is 13.7 Å². The van der Waals surface area contributed by atoms with Gasteiger partial charge in [-0.2, -0.15) is 0 Å². The maximum absolute atomic E-state index is 5.62. The first-order valence-electron chi connectivity index (χ1n) is 6.91. The van der Waals surface area contributed by atoms with Crippen LogP contribution in [0.3, 0.4) is 0 Å². The van der Waals surface area contributed by atoms with Crippen molar-refractivity contribution in [3.8, 4) is 0 Å². The summed E-state index contributed by atoms with van der Waals surface area (Å²) < 4.78 is 5.62. The SMILES string of the molecule is COC1(CNCc2ccnc3ccccc23)CCC1. The molecule has 0 amide bonds. The number of hydrogen-bond donors (Lipinski definition) is 1. The van der Waals surface area contributed by atoms with Crippen molar-refractivity contribution in [1.82, 2.24) is 10.3 Å². The standard InChI is InChI=1S/C16H20N2O/c1-19-16(8-4-9-16)12-17-11-13-7-10-18-15-6-3-2-5-14(13)15/h2-3,5-7,10,17H,4,8-9,11-12H2,1H3. The van der Waals surface area contributed by atoms with Crippen LogP contribution >= 0.6 is 0 Å². The van der Waals surface area contributed by atoms with E-state index in [2.05, 4.69) is 34.6 Å². The summed E-state index contributed by atoms with van der Waals surface area (Å²) in [5, 5.41) is 4.77. The number of benzene rings is 1. The third-order valence-corrected chi connectivity index (χ3v) is 4.20. The Morgan fingerprint density at radius 1 is 1.26 bits per heavy atom. The highest BCUT2D eigenvalue weighted by Gasteiger charge is 2.36. The molecule has 1 aromatic carbocycles. The van der Waals surface area contributed by atoms with E-state index in [9.17, 15) is 0 Å². The average Bonchev–Trinajstić information content (AvgIpc) is 2.42. The van der Waals surface area contributed by atoms with Crippen LogP contribution in [0.5, 0.6) is 0 Å². The van der Waals surface area contributed by atoms with Gasteiger partial charge in [-0.15, -0.1) is 0 Å². The third-order valence-electron chi connectivity index (χ3n) is 4.20. The van der Waals surface area contributed by atoms with Crippen molar-refractivity contribution in [2.45, 2.75) is 31.4 Å². The van der Waals surface area contributed by atoms with E-state index in [0.29, 0.717) is 0 Å². The van der Waals surface area contributed by atoms with Crippen LogP contribution in [0.4, 0.5) is 0 Å². The Morgan fingerprint density at radius 3 is 2.84 bits per heavy atom. The zero-order chi connectivity index (χ0) is 13.1. The maximum atomic E-state index is 5.62. The van der Waals surface area contributed by atoms with E-state index in [4.69, 9.17) is 4.74 Å². The van der Waals surface area contributed by atoms with Crippen LogP contribution < -0.4 is 5.32 Å². The molecule has 1 N–H and O–H groups in total. The molecule has 0 spiro atoms. The second-order valence-electron chi connectivity index (χ2n) is 5.33. The number of methoxy groups -OCH3 is 1. The van der Waals surface area contributed by atoms with Gasteiger partial charge in [-0.3, -0.25) is 4.98 Å². The number of nitrogens with zero attached hydrogens (tertiary/aromatic N) is 1. The van der Waals surface area contributed by atoms with E-state index in [1.54, 1.807) is 0 Å². The minimum absolute atomic E-state index is 0.0861. The molecule has 1 aliphatic rings. The van der Waals surface area contributed by atoms with Crippen LogP contribution in [-0.2, 0) is 11.3 Å². The normalized spacial score (nSPS) is 17.3. The van der Waals surface area contributed by atoms with E-state index in [-0.39, 0.29) is 5.60 Å². The molecule has 0 aliphatic heterocycles. The number of pyridine rings is 1. The van der Waals surface area contributed by atoms with Gasteiger partial charge in [-0.1, -0.05) is 18.2 Å². The third kappa shape index (κ3) is 2.48. The topological polar surface area (TPSA) is 34.1 Å². The molecule has 1 saturated carbocycles. The molecule has 19 heavy (non-hydrogen) atoms. The summed E-state index contributed by atoms with van der Waals surface area (Å²) in [7, 11) is 1.82. The Morgan fingerprint density at radius 2 is 2.11 bits per heavy atom. The predicted molar refractivity (Wildman–Crippen MR) is 77.0 cm³/mol. The first kappa shape index (κ1) is 12.6. The van der Waals surface area contributed by atoms with Crippen molar-refractivity contribution >= 4 is 10.9 Å². The van der Waals surface area contributed by atoms with Gasteiger partial charge in [-0.25, -0.2) is 0 Å². The van der Waals surface area contributed by atoms with Gasteiger partial charge in [0.1, 0.15) is 0 Å². The second-order valence-corrected chi connectivity index (χ2v) is 5.33. The molecule has 0 atom stereocenters. The summed E-state index contributed by atoms with van der Waals surface area (Å²) in [6.45, 7) is 1.80. The van der Waals surface area contributed by atoms with Crippen LogP contribution in [-0.4, -0.2) is 24.2 Å². The van der Waals surface area contributed by atoms with Gasteiger partial charge in [0.05, 0.1) is 11.1 Å². The zero-order valence-corrected chi connectivity index (χ0v) is 11.4. The van der Waals surface area contributed by atoms with Crippen molar-refractivity contribution < 1.29 is 4.74 Å². The molecular formula is C16H20N2O. The molecule has 1 aromatic heterocycles. The lowest BCUT2D eigenvalue weighted by Gasteiger charge is -2.40. The first-order chi connectivity index (χ1) is 9.33. The molecule has 1 heterocycles. The molecule has 3 rings (SSSR count). The highest BCUT2D eigenvalue weighted by molar-refractivity contribution is 5.81. The summed E-state index contributed by atoms with van der Waals surface area (Å²) in [6.07, 6.45) is 5.52. The fraction of sp³-hybridized carbons (Fsp3) is 0.438. The van der Waals surface area contributed by atoms with Crippen molar-refractivity contribution in [3.05, 3.63) is 42.1 Å². The van der Waals surface area contributed by atoms with Gasteiger partial charge in [0.15, 0.2) is 0 Å². The Labute approximate surface area is 114 Å². The number of hydrogen-bond acceptors (Lipinski definition) is 3. The minimum Gasteiger partial charge on any atom is -0.377 e. The Kier molecular flexibility index (Phi) is 3.49. The Balaban J connectivity index is 1.68. The maximum Gasteiger partial charge on any atom is 0.0802 e. The largest absolute Gasteiger partial charge is 0.377 e. The van der Waals surface area contributed by atoms with Gasteiger partial charge < -0.3 is 10.1 Å². The molecule has 0 saturated heterocycles. The van der Waals surface area contributed by atoms with Gasteiger partial charge in [0, 0.05) is 31.8 Å². The lowest BCUT2D eigenvalue weighted by Crippen LogP contribution is -2.47. The van der Waals surface area contributed by atoms with E-state index in [1.807, 2.05) is 19.4 Å². The van der Waals surface area contributed by atoms with Crippen molar-refractivity contribution in [3.63, 3.8) is 0 Å². The average molecular weight is 256 g/mol. The van der Waals surface area contributed by atoms with E-state index in [1.165, 1.54) is 30.2 Å². The molecule has 1 aliphatic carbocycles. The van der Waals surface area contributed by atoms with Gasteiger partial charge >= 0.3 is 0 Å². The Hall–Kier alpha value is -1.45. The van der Waals surface area contributed by atoms with E-state index >= 15 is 0 Å². The van der Waals surface area contributed by atoms with Crippen molar-refractivity contribution in [1.29, 1.82) is 0 Å².